The maximum absolute atomic E-state index is 13.5. The van der Waals surface area contributed by atoms with Crippen LogP contribution in [0.25, 0.3) is 0 Å². The number of rotatable bonds is 6. The predicted octanol–water partition coefficient (Wildman–Crippen LogP) is 2.05. The van der Waals surface area contributed by atoms with Gasteiger partial charge in [-0.05, 0) is 50.7 Å². The van der Waals surface area contributed by atoms with E-state index in [2.05, 4.69) is 16.1 Å². The van der Waals surface area contributed by atoms with Gasteiger partial charge in [-0.1, -0.05) is 11.6 Å². The second-order valence-electron chi connectivity index (χ2n) is 9.64. The number of halogens is 5. The Labute approximate surface area is 204 Å². The Morgan fingerprint density at radius 1 is 1.26 bits per heavy atom. The molecule has 3 atom stereocenters. The number of hydrogen-bond donors (Lipinski definition) is 4. The van der Waals surface area contributed by atoms with Crippen molar-refractivity contribution in [1.82, 2.24) is 21.1 Å². The molecule has 194 valence electrons. The Kier molecular flexibility index (Phi) is 6.95. The largest absolute Gasteiger partial charge is 0.484 e. The molecule has 5 rings (SSSR count). The highest BCUT2D eigenvalue weighted by molar-refractivity contribution is 6.30. The van der Waals surface area contributed by atoms with Crippen LogP contribution < -0.4 is 20.8 Å². The molecule has 4 N–H and O–H groups in total. The van der Waals surface area contributed by atoms with E-state index >= 15 is 0 Å². The predicted molar refractivity (Wildman–Crippen MR) is 117 cm³/mol. The van der Waals surface area contributed by atoms with Gasteiger partial charge in [0.05, 0.1) is 16.7 Å². The molecule has 1 aliphatic heterocycles. The summed E-state index contributed by atoms with van der Waals surface area (Å²) in [6.07, 6.45) is -4.02. The molecule has 4 aliphatic rings. The van der Waals surface area contributed by atoms with Crippen molar-refractivity contribution in [3.05, 3.63) is 29.0 Å². The first kappa shape index (κ1) is 25.9. The van der Waals surface area contributed by atoms with Crippen molar-refractivity contribution >= 4 is 23.4 Å². The molecule has 35 heavy (non-hydrogen) atoms. The summed E-state index contributed by atoms with van der Waals surface area (Å²) >= 11 is 5.63. The molecular formula is C22H27ClF4N4O4. The van der Waals surface area contributed by atoms with Crippen LogP contribution in [0.5, 0.6) is 5.75 Å². The molecule has 3 aliphatic carbocycles. The van der Waals surface area contributed by atoms with Gasteiger partial charge in [0.15, 0.2) is 6.61 Å². The summed E-state index contributed by atoms with van der Waals surface area (Å²) < 4.78 is 58.2. The summed E-state index contributed by atoms with van der Waals surface area (Å²) in [5.41, 5.74) is 0.919. The Morgan fingerprint density at radius 3 is 2.51 bits per heavy atom. The number of hydrogen-bond acceptors (Lipinski definition) is 6. The number of aliphatic hydroxyl groups excluding tert-OH is 1. The molecule has 0 spiro atoms. The first-order valence-corrected chi connectivity index (χ1v) is 11.6. The molecule has 4 fully saturated rings. The average molecular weight is 523 g/mol. The van der Waals surface area contributed by atoms with Gasteiger partial charge in [-0.15, -0.1) is 0 Å². The van der Waals surface area contributed by atoms with Crippen molar-refractivity contribution in [2.75, 3.05) is 13.7 Å². The highest BCUT2D eigenvalue weighted by atomic mass is 35.5. The summed E-state index contributed by atoms with van der Waals surface area (Å²) in [5.74, 6) is -1.58. The zero-order valence-electron chi connectivity index (χ0n) is 18.9. The van der Waals surface area contributed by atoms with Gasteiger partial charge in [0.1, 0.15) is 23.7 Å². The van der Waals surface area contributed by atoms with Crippen LogP contribution in [0.3, 0.4) is 0 Å². The van der Waals surface area contributed by atoms with Crippen LogP contribution in [-0.4, -0.2) is 71.0 Å². The lowest BCUT2D eigenvalue weighted by Crippen LogP contribution is -2.71. The van der Waals surface area contributed by atoms with Crippen LogP contribution >= 0.6 is 11.6 Å². The number of amides is 2. The minimum Gasteiger partial charge on any atom is -0.484 e. The van der Waals surface area contributed by atoms with Gasteiger partial charge < -0.3 is 20.5 Å². The van der Waals surface area contributed by atoms with Gasteiger partial charge in [-0.25, -0.2) is 14.8 Å². The number of nitrogens with one attached hydrogen (secondary N) is 3. The standard InChI is InChI=1S/C22H27ClF4N4O4/c1-31-16(22(25,26)27)9-15(30-31)19(34)29-20-4-6-21(7-5-20,17(32)10-20)28-18(33)11-35-12-2-3-13(23)14(24)8-12/h2-3,8,15-17,30,32H,4-7,9-11H2,1H3,(H,28,33)(H,29,34). The third-order valence-corrected chi connectivity index (χ3v) is 7.65. The molecule has 0 aromatic heterocycles. The average Bonchev–Trinajstić information content (AvgIpc) is 3.18. The minimum absolute atomic E-state index is 0.0697. The van der Waals surface area contributed by atoms with Crippen molar-refractivity contribution in [2.24, 2.45) is 0 Å². The van der Waals surface area contributed by atoms with Gasteiger partial charge in [0.25, 0.3) is 5.91 Å². The van der Waals surface area contributed by atoms with E-state index < -0.39 is 66.1 Å². The van der Waals surface area contributed by atoms with E-state index in [-0.39, 0.29) is 17.2 Å². The number of aliphatic hydroxyl groups is 1. The van der Waals surface area contributed by atoms with Gasteiger partial charge in [0.2, 0.25) is 5.91 Å². The van der Waals surface area contributed by atoms with Gasteiger partial charge in [-0.2, -0.15) is 13.2 Å². The fourth-order valence-electron chi connectivity index (χ4n) is 5.33. The van der Waals surface area contributed by atoms with Crippen LogP contribution in [0.2, 0.25) is 5.02 Å². The van der Waals surface area contributed by atoms with Gasteiger partial charge >= 0.3 is 6.18 Å². The fourth-order valence-corrected chi connectivity index (χ4v) is 5.45. The molecule has 3 unspecified atom stereocenters. The molecule has 1 aromatic rings. The van der Waals surface area contributed by atoms with Crippen molar-refractivity contribution in [2.45, 2.75) is 74.0 Å². The first-order valence-electron chi connectivity index (χ1n) is 11.3. The number of alkyl halides is 3. The van der Waals surface area contributed by atoms with E-state index in [0.717, 1.165) is 11.1 Å². The van der Waals surface area contributed by atoms with Gasteiger partial charge in [0, 0.05) is 18.7 Å². The zero-order valence-corrected chi connectivity index (χ0v) is 19.7. The number of hydrazine groups is 1. The Morgan fingerprint density at radius 2 is 1.94 bits per heavy atom. The number of carbonyl (C=O) groups excluding carboxylic acids is 2. The van der Waals surface area contributed by atoms with Crippen molar-refractivity contribution in [3.63, 3.8) is 0 Å². The zero-order chi connectivity index (χ0) is 25.6. The lowest BCUT2D eigenvalue weighted by Gasteiger charge is -2.56. The normalized spacial score (nSPS) is 32.9. The molecule has 2 amide bonds. The number of ether oxygens (including phenoxy) is 1. The number of fused-ring (bicyclic) bond motifs is 3. The molecule has 0 radical (unpaired) electrons. The number of carbonyl (C=O) groups is 2. The van der Waals surface area contributed by atoms with E-state index in [1.807, 2.05) is 0 Å². The lowest BCUT2D eigenvalue weighted by molar-refractivity contribution is -0.176. The lowest BCUT2D eigenvalue weighted by atomic mass is 9.59. The van der Waals surface area contributed by atoms with Crippen molar-refractivity contribution in [1.29, 1.82) is 0 Å². The topological polar surface area (TPSA) is 103 Å². The monoisotopic (exact) mass is 522 g/mol. The molecular weight excluding hydrogens is 496 g/mol. The number of benzene rings is 1. The SMILES string of the molecule is CN1NC(C(=O)NC23CCC(NC(=O)COc4ccc(Cl)c(F)c4)(CC2)C(O)C3)CC1C(F)(F)F. The smallest absolute Gasteiger partial charge is 0.405 e. The Balaban J connectivity index is 1.31. The molecule has 3 saturated carbocycles. The molecule has 1 heterocycles. The highest BCUT2D eigenvalue weighted by Gasteiger charge is 2.56. The summed E-state index contributed by atoms with van der Waals surface area (Å²) in [4.78, 5) is 25.3. The molecule has 2 bridgehead atoms. The molecule has 13 heteroatoms. The maximum atomic E-state index is 13.5. The summed E-state index contributed by atoms with van der Waals surface area (Å²) in [7, 11) is 1.25. The Hall–Kier alpha value is -2.15. The molecule has 1 saturated heterocycles. The van der Waals surface area contributed by atoms with Crippen molar-refractivity contribution < 1.29 is 37.0 Å². The number of nitrogens with zero attached hydrogens (tertiary/aromatic N) is 1. The summed E-state index contributed by atoms with van der Waals surface area (Å²) in [6.45, 7) is -0.390. The second kappa shape index (κ2) is 9.38. The van der Waals surface area contributed by atoms with Crippen LogP contribution in [0.4, 0.5) is 17.6 Å². The first-order chi connectivity index (χ1) is 16.3. The highest BCUT2D eigenvalue weighted by Crippen LogP contribution is 2.47. The van der Waals surface area contributed by atoms with E-state index in [0.29, 0.717) is 25.7 Å². The fraction of sp³-hybridized carbons (Fsp3) is 0.636. The third kappa shape index (κ3) is 5.35. The van der Waals surface area contributed by atoms with Crippen LogP contribution in [0.15, 0.2) is 18.2 Å². The van der Waals surface area contributed by atoms with E-state index in [4.69, 9.17) is 16.3 Å². The minimum atomic E-state index is -4.45. The van der Waals surface area contributed by atoms with E-state index in [9.17, 15) is 32.3 Å². The van der Waals surface area contributed by atoms with Crippen LogP contribution in [0, 0.1) is 5.82 Å². The Bertz CT molecular complexity index is 987. The van der Waals surface area contributed by atoms with E-state index in [1.165, 1.54) is 19.2 Å². The van der Waals surface area contributed by atoms with Crippen LogP contribution in [-0.2, 0) is 9.59 Å². The van der Waals surface area contributed by atoms with Crippen LogP contribution in [0.1, 0.15) is 38.5 Å². The maximum Gasteiger partial charge on any atom is 0.405 e. The summed E-state index contributed by atoms with van der Waals surface area (Å²) in [5, 5.41) is 17.4. The molecule has 8 nitrogen and oxygen atoms in total. The van der Waals surface area contributed by atoms with E-state index in [1.54, 1.807) is 0 Å². The third-order valence-electron chi connectivity index (χ3n) is 7.34. The second-order valence-corrected chi connectivity index (χ2v) is 10.1. The van der Waals surface area contributed by atoms with Crippen molar-refractivity contribution in [3.8, 4) is 5.75 Å². The quantitative estimate of drug-likeness (QED) is 0.427. The van der Waals surface area contributed by atoms with Gasteiger partial charge in [-0.3, -0.25) is 9.59 Å². The summed E-state index contributed by atoms with van der Waals surface area (Å²) in [6, 6.07) is 1.02. The molecule has 1 aromatic carbocycles.